The van der Waals surface area contributed by atoms with Gasteiger partial charge in [0.15, 0.2) is 5.78 Å². The number of aliphatic hydroxyl groups is 1. The number of amides is 3. The lowest BCUT2D eigenvalue weighted by molar-refractivity contribution is -0.130. The maximum Gasteiger partial charge on any atom is 0.318 e. The van der Waals surface area contributed by atoms with Crippen molar-refractivity contribution in [2.24, 2.45) is 5.92 Å². The molecule has 1 unspecified atom stereocenters. The SMILES string of the molecule is CC(C)C[C@H](NC(=O)N1CCNCC1)C(=O)NC(CCc1ccccc1)C(=O)CO. The Morgan fingerprint density at radius 3 is 2.33 bits per heavy atom. The summed E-state index contributed by atoms with van der Waals surface area (Å²) in [6, 6.07) is 7.86. The summed E-state index contributed by atoms with van der Waals surface area (Å²) in [6.07, 6.45) is 1.44. The van der Waals surface area contributed by atoms with Gasteiger partial charge in [0.2, 0.25) is 5.91 Å². The molecule has 0 radical (unpaired) electrons. The molecule has 166 valence electrons. The highest BCUT2D eigenvalue weighted by Gasteiger charge is 2.28. The molecule has 1 aromatic carbocycles. The third-order valence-electron chi connectivity index (χ3n) is 5.15. The first kappa shape index (κ1) is 23.8. The number of carbonyl (C=O) groups is 3. The topological polar surface area (TPSA) is 111 Å². The van der Waals surface area contributed by atoms with Crippen LogP contribution in [-0.2, 0) is 16.0 Å². The molecule has 0 bridgehead atoms. The van der Waals surface area contributed by atoms with E-state index < -0.39 is 30.4 Å². The average molecular weight is 419 g/mol. The molecule has 0 saturated carbocycles. The first-order valence-corrected chi connectivity index (χ1v) is 10.6. The van der Waals surface area contributed by atoms with E-state index in [0.717, 1.165) is 18.7 Å². The molecule has 4 N–H and O–H groups in total. The highest BCUT2D eigenvalue weighted by atomic mass is 16.3. The fraction of sp³-hybridized carbons (Fsp3) is 0.591. The molecule has 1 saturated heterocycles. The van der Waals surface area contributed by atoms with Crippen molar-refractivity contribution < 1.29 is 19.5 Å². The quantitative estimate of drug-likeness (QED) is 0.447. The molecule has 0 aliphatic carbocycles. The van der Waals surface area contributed by atoms with Crippen LogP contribution in [0, 0.1) is 5.92 Å². The van der Waals surface area contributed by atoms with Crippen molar-refractivity contribution in [3.8, 4) is 0 Å². The number of hydrogen-bond acceptors (Lipinski definition) is 5. The molecule has 30 heavy (non-hydrogen) atoms. The Balaban J connectivity index is 2.01. The smallest absolute Gasteiger partial charge is 0.318 e. The molecule has 0 spiro atoms. The molecule has 1 aromatic rings. The highest BCUT2D eigenvalue weighted by Crippen LogP contribution is 2.10. The van der Waals surface area contributed by atoms with Crippen LogP contribution < -0.4 is 16.0 Å². The Morgan fingerprint density at radius 2 is 1.73 bits per heavy atom. The van der Waals surface area contributed by atoms with E-state index in [4.69, 9.17) is 0 Å². The van der Waals surface area contributed by atoms with Crippen molar-refractivity contribution >= 4 is 17.7 Å². The van der Waals surface area contributed by atoms with Gasteiger partial charge < -0.3 is 26.0 Å². The van der Waals surface area contributed by atoms with Crippen LogP contribution in [0.5, 0.6) is 0 Å². The first-order valence-electron chi connectivity index (χ1n) is 10.6. The zero-order valence-corrected chi connectivity index (χ0v) is 17.9. The number of aryl methyl sites for hydroxylation is 1. The number of urea groups is 1. The number of ketones is 1. The highest BCUT2D eigenvalue weighted by molar-refractivity contribution is 5.93. The fourth-order valence-corrected chi connectivity index (χ4v) is 3.46. The fourth-order valence-electron chi connectivity index (χ4n) is 3.46. The summed E-state index contributed by atoms with van der Waals surface area (Å²) < 4.78 is 0. The summed E-state index contributed by atoms with van der Waals surface area (Å²) >= 11 is 0. The molecule has 1 aliphatic rings. The molecule has 1 heterocycles. The van der Waals surface area contributed by atoms with Crippen LogP contribution in [-0.4, -0.2) is 72.6 Å². The Bertz CT molecular complexity index is 690. The zero-order valence-electron chi connectivity index (χ0n) is 17.9. The molecule has 2 atom stereocenters. The third kappa shape index (κ3) is 7.76. The minimum Gasteiger partial charge on any atom is -0.389 e. The van der Waals surface area contributed by atoms with E-state index in [1.807, 2.05) is 44.2 Å². The van der Waals surface area contributed by atoms with Crippen LogP contribution in [0.4, 0.5) is 4.79 Å². The van der Waals surface area contributed by atoms with Crippen LogP contribution in [0.3, 0.4) is 0 Å². The average Bonchev–Trinajstić information content (AvgIpc) is 2.76. The van der Waals surface area contributed by atoms with Gasteiger partial charge in [-0.15, -0.1) is 0 Å². The molecule has 1 aliphatic heterocycles. The van der Waals surface area contributed by atoms with E-state index in [0.29, 0.717) is 32.4 Å². The lowest BCUT2D eigenvalue weighted by atomic mass is 10.00. The normalized spacial score (nSPS) is 16.1. The number of benzene rings is 1. The van der Waals surface area contributed by atoms with Gasteiger partial charge in [-0.05, 0) is 30.7 Å². The monoisotopic (exact) mass is 418 g/mol. The van der Waals surface area contributed by atoms with Gasteiger partial charge in [0.05, 0.1) is 6.04 Å². The van der Waals surface area contributed by atoms with E-state index in [2.05, 4.69) is 16.0 Å². The van der Waals surface area contributed by atoms with Crippen LogP contribution in [0.15, 0.2) is 30.3 Å². The molecular weight excluding hydrogens is 384 g/mol. The number of Topliss-reactive ketones (excluding diaryl/α,β-unsaturated/α-hetero) is 1. The molecular formula is C22H34N4O4. The van der Waals surface area contributed by atoms with E-state index in [1.54, 1.807) is 4.90 Å². The Morgan fingerprint density at radius 1 is 1.07 bits per heavy atom. The third-order valence-corrected chi connectivity index (χ3v) is 5.15. The Hall–Kier alpha value is -2.45. The minimum absolute atomic E-state index is 0.181. The van der Waals surface area contributed by atoms with Crippen molar-refractivity contribution in [3.63, 3.8) is 0 Å². The summed E-state index contributed by atoms with van der Waals surface area (Å²) in [6.45, 7) is 5.94. The van der Waals surface area contributed by atoms with Crippen LogP contribution in [0.1, 0.15) is 32.3 Å². The number of nitrogens with one attached hydrogen (secondary N) is 3. The van der Waals surface area contributed by atoms with E-state index in [-0.39, 0.29) is 11.9 Å². The maximum absolute atomic E-state index is 12.9. The van der Waals surface area contributed by atoms with E-state index >= 15 is 0 Å². The van der Waals surface area contributed by atoms with Crippen LogP contribution in [0.2, 0.25) is 0 Å². The lowest BCUT2D eigenvalue weighted by Crippen LogP contribution is -2.57. The number of nitrogens with zero attached hydrogens (tertiary/aromatic N) is 1. The van der Waals surface area contributed by atoms with Crippen molar-refractivity contribution in [1.29, 1.82) is 0 Å². The zero-order chi connectivity index (χ0) is 21.9. The molecule has 2 rings (SSSR count). The maximum atomic E-state index is 12.9. The second-order valence-corrected chi connectivity index (χ2v) is 8.08. The minimum atomic E-state index is -0.798. The number of rotatable bonds is 10. The number of aliphatic hydroxyl groups excluding tert-OH is 1. The summed E-state index contributed by atoms with van der Waals surface area (Å²) in [5.41, 5.74) is 1.05. The van der Waals surface area contributed by atoms with Crippen molar-refractivity contribution in [2.75, 3.05) is 32.8 Å². The Labute approximate surface area is 178 Å². The molecule has 8 nitrogen and oxygen atoms in total. The summed E-state index contributed by atoms with van der Waals surface area (Å²) in [5, 5.41) is 18.1. The second kappa shape index (κ2) is 12.3. The van der Waals surface area contributed by atoms with Crippen LogP contribution in [0.25, 0.3) is 0 Å². The van der Waals surface area contributed by atoms with Gasteiger partial charge in [-0.2, -0.15) is 0 Å². The number of hydrogen-bond donors (Lipinski definition) is 4. The van der Waals surface area contributed by atoms with Gasteiger partial charge in [-0.25, -0.2) is 4.79 Å². The standard InChI is InChI=1S/C22H34N4O4/c1-16(2)14-19(25-22(30)26-12-10-23-11-13-26)21(29)24-18(20(28)15-27)9-8-17-6-4-3-5-7-17/h3-7,16,18-19,23,27H,8-15H2,1-2H3,(H,24,29)(H,25,30)/t18?,19-/m0/s1. The summed E-state index contributed by atoms with van der Waals surface area (Å²) in [4.78, 5) is 39.4. The number of piperazine rings is 1. The number of carbonyl (C=O) groups excluding carboxylic acids is 3. The lowest BCUT2D eigenvalue weighted by Gasteiger charge is -2.30. The van der Waals surface area contributed by atoms with E-state index in [1.165, 1.54) is 0 Å². The van der Waals surface area contributed by atoms with E-state index in [9.17, 15) is 19.5 Å². The molecule has 1 fully saturated rings. The van der Waals surface area contributed by atoms with Crippen molar-refractivity contribution in [3.05, 3.63) is 35.9 Å². The molecule has 8 heteroatoms. The van der Waals surface area contributed by atoms with Crippen LogP contribution >= 0.6 is 0 Å². The first-order chi connectivity index (χ1) is 14.4. The second-order valence-electron chi connectivity index (χ2n) is 8.08. The molecule has 3 amide bonds. The van der Waals surface area contributed by atoms with Gasteiger partial charge in [0.25, 0.3) is 0 Å². The predicted octanol–water partition coefficient (Wildman–Crippen LogP) is 0.695. The van der Waals surface area contributed by atoms with Crippen molar-refractivity contribution in [1.82, 2.24) is 20.9 Å². The van der Waals surface area contributed by atoms with Gasteiger partial charge in [0, 0.05) is 26.2 Å². The van der Waals surface area contributed by atoms with Gasteiger partial charge in [-0.1, -0.05) is 44.2 Å². The van der Waals surface area contributed by atoms with Gasteiger partial charge in [0.1, 0.15) is 12.6 Å². The largest absolute Gasteiger partial charge is 0.389 e. The summed E-state index contributed by atoms with van der Waals surface area (Å²) in [7, 11) is 0. The predicted molar refractivity (Wildman–Crippen MR) is 115 cm³/mol. The Kier molecular flexibility index (Phi) is 9.76. The molecule has 0 aromatic heterocycles. The van der Waals surface area contributed by atoms with Gasteiger partial charge >= 0.3 is 6.03 Å². The summed E-state index contributed by atoms with van der Waals surface area (Å²) in [5.74, 6) is -0.650. The van der Waals surface area contributed by atoms with Crippen molar-refractivity contribution in [2.45, 2.75) is 45.2 Å². The van der Waals surface area contributed by atoms with Gasteiger partial charge in [-0.3, -0.25) is 9.59 Å².